The highest BCUT2D eigenvalue weighted by Crippen LogP contribution is 2.29. The van der Waals surface area contributed by atoms with E-state index in [0.29, 0.717) is 18.9 Å². The molecule has 2 aromatic carbocycles. The molecule has 0 saturated heterocycles. The predicted octanol–water partition coefficient (Wildman–Crippen LogP) is 4.18. The lowest BCUT2D eigenvalue weighted by molar-refractivity contribution is -0.158. The molecule has 0 radical (unpaired) electrons. The van der Waals surface area contributed by atoms with Crippen LogP contribution in [0.1, 0.15) is 37.5 Å². The minimum absolute atomic E-state index is 0.221. The number of halogens is 1. The first-order valence-corrected chi connectivity index (χ1v) is 10.8. The minimum Gasteiger partial charge on any atom is -0.476 e. The van der Waals surface area contributed by atoms with Crippen LogP contribution in [0.15, 0.2) is 52.0 Å². The van der Waals surface area contributed by atoms with Crippen molar-refractivity contribution >= 4 is 21.9 Å². The fourth-order valence-corrected chi connectivity index (χ4v) is 3.56. The van der Waals surface area contributed by atoms with Gasteiger partial charge in [0.1, 0.15) is 12.1 Å². The molecule has 0 amide bonds. The van der Waals surface area contributed by atoms with E-state index in [-0.39, 0.29) is 5.69 Å². The Morgan fingerprint density at radius 1 is 1.13 bits per heavy atom. The van der Waals surface area contributed by atoms with Crippen LogP contribution in [0.2, 0.25) is 0 Å². The van der Waals surface area contributed by atoms with E-state index in [1.165, 1.54) is 15.6 Å². The van der Waals surface area contributed by atoms with Gasteiger partial charge in [0.25, 0.3) is 0 Å². The van der Waals surface area contributed by atoms with E-state index in [4.69, 9.17) is 9.47 Å². The normalized spacial score (nSPS) is 11.4. The van der Waals surface area contributed by atoms with Gasteiger partial charge in [-0.25, -0.2) is 18.8 Å². The maximum atomic E-state index is 12.8. The molecule has 0 aliphatic carbocycles. The SMILES string of the molecule is CCOC(=O)C(C)(C)Oc1c(C)cc(Cn2ncn(-c3ccc(Br)cc3)c2=O)cc1C. The van der Waals surface area contributed by atoms with Crippen molar-refractivity contribution in [1.82, 2.24) is 14.3 Å². The number of benzene rings is 2. The molecule has 3 aromatic rings. The van der Waals surface area contributed by atoms with Crippen molar-refractivity contribution in [2.75, 3.05) is 6.61 Å². The molecule has 0 N–H and O–H groups in total. The van der Waals surface area contributed by atoms with Crippen LogP contribution in [0.3, 0.4) is 0 Å². The van der Waals surface area contributed by atoms with E-state index in [1.807, 2.05) is 50.2 Å². The van der Waals surface area contributed by atoms with Gasteiger partial charge in [-0.15, -0.1) is 0 Å². The summed E-state index contributed by atoms with van der Waals surface area (Å²) >= 11 is 3.39. The zero-order valence-electron chi connectivity index (χ0n) is 18.3. The number of ether oxygens (including phenoxy) is 2. The third-order valence-electron chi connectivity index (χ3n) is 4.81. The monoisotopic (exact) mass is 487 g/mol. The lowest BCUT2D eigenvalue weighted by Gasteiger charge is -2.26. The van der Waals surface area contributed by atoms with E-state index in [1.54, 1.807) is 20.8 Å². The lowest BCUT2D eigenvalue weighted by atomic mass is 10.0. The second-order valence-corrected chi connectivity index (χ2v) is 8.72. The van der Waals surface area contributed by atoms with Crippen LogP contribution < -0.4 is 10.4 Å². The van der Waals surface area contributed by atoms with Crippen LogP contribution in [0.25, 0.3) is 5.69 Å². The van der Waals surface area contributed by atoms with Gasteiger partial charge >= 0.3 is 11.7 Å². The number of carbonyl (C=O) groups excluding carboxylic acids is 1. The molecule has 3 rings (SSSR count). The quantitative estimate of drug-likeness (QED) is 0.467. The highest BCUT2D eigenvalue weighted by atomic mass is 79.9. The number of rotatable bonds is 7. The van der Waals surface area contributed by atoms with Gasteiger partial charge < -0.3 is 9.47 Å². The zero-order valence-corrected chi connectivity index (χ0v) is 19.9. The second kappa shape index (κ2) is 9.09. The second-order valence-electron chi connectivity index (χ2n) is 7.81. The van der Waals surface area contributed by atoms with Crippen molar-refractivity contribution in [2.45, 2.75) is 46.8 Å². The molecule has 0 spiro atoms. The first-order valence-electron chi connectivity index (χ1n) is 9.99. The number of aryl methyl sites for hydroxylation is 2. The van der Waals surface area contributed by atoms with Crippen molar-refractivity contribution in [2.24, 2.45) is 0 Å². The van der Waals surface area contributed by atoms with Crippen LogP contribution in [0, 0.1) is 13.8 Å². The molecule has 1 heterocycles. The maximum Gasteiger partial charge on any atom is 0.350 e. The van der Waals surface area contributed by atoms with Gasteiger partial charge in [-0.05, 0) is 75.6 Å². The average Bonchev–Trinajstić information content (AvgIpc) is 3.06. The summed E-state index contributed by atoms with van der Waals surface area (Å²) in [4.78, 5) is 25.0. The molecule has 164 valence electrons. The first-order chi connectivity index (χ1) is 14.6. The summed E-state index contributed by atoms with van der Waals surface area (Å²) in [7, 11) is 0. The van der Waals surface area contributed by atoms with Crippen molar-refractivity contribution in [3.05, 3.63) is 74.4 Å². The molecule has 0 saturated carbocycles. The Balaban J connectivity index is 1.84. The molecule has 0 unspecified atom stereocenters. The van der Waals surface area contributed by atoms with Crippen molar-refractivity contribution in [1.29, 1.82) is 0 Å². The largest absolute Gasteiger partial charge is 0.476 e. The van der Waals surface area contributed by atoms with Gasteiger partial charge in [0.2, 0.25) is 0 Å². The van der Waals surface area contributed by atoms with Gasteiger partial charge in [-0.1, -0.05) is 28.1 Å². The summed E-state index contributed by atoms with van der Waals surface area (Å²) in [5, 5.41) is 4.26. The predicted molar refractivity (Wildman–Crippen MR) is 122 cm³/mol. The summed E-state index contributed by atoms with van der Waals surface area (Å²) in [5.41, 5.74) is 2.08. The minimum atomic E-state index is -1.10. The third-order valence-corrected chi connectivity index (χ3v) is 5.34. The highest BCUT2D eigenvalue weighted by molar-refractivity contribution is 9.10. The van der Waals surface area contributed by atoms with Crippen molar-refractivity contribution in [3.63, 3.8) is 0 Å². The fraction of sp³-hybridized carbons (Fsp3) is 0.348. The van der Waals surface area contributed by atoms with E-state index in [9.17, 15) is 9.59 Å². The number of hydrogen-bond donors (Lipinski definition) is 0. The van der Waals surface area contributed by atoms with E-state index in [2.05, 4.69) is 21.0 Å². The Bertz CT molecular complexity index is 1120. The van der Waals surface area contributed by atoms with Crippen LogP contribution >= 0.6 is 15.9 Å². The molecule has 7 nitrogen and oxygen atoms in total. The molecule has 0 bridgehead atoms. The zero-order chi connectivity index (χ0) is 22.8. The third kappa shape index (κ3) is 5.07. The van der Waals surface area contributed by atoms with Crippen molar-refractivity contribution < 1.29 is 14.3 Å². The average molecular weight is 488 g/mol. The Labute approximate surface area is 189 Å². The Morgan fingerprint density at radius 2 is 1.74 bits per heavy atom. The molecule has 1 aromatic heterocycles. The van der Waals surface area contributed by atoms with Gasteiger partial charge in [-0.3, -0.25) is 0 Å². The van der Waals surface area contributed by atoms with E-state index >= 15 is 0 Å². The molecule has 8 heteroatoms. The molecular weight excluding hydrogens is 462 g/mol. The van der Waals surface area contributed by atoms with E-state index in [0.717, 1.165) is 26.9 Å². The summed E-state index contributed by atoms with van der Waals surface area (Å²) in [6.07, 6.45) is 1.52. The number of nitrogens with zero attached hydrogens (tertiary/aromatic N) is 3. The van der Waals surface area contributed by atoms with Gasteiger partial charge in [-0.2, -0.15) is 5.10 Å². The summed E-state index contributed by atoms with van der Waals surface area (Å²) in [6, 6.07) is 11.3. The standard InChI is InChI=1S/C23H26BrN3O4/c1-6-30-21(28)23(4,5)31-20-15(2)11-17(12-16(20)3)13-27-22(29)26(14-25-27)19-9-7-18(24)8-10-19/h7-12,14H,6,13H2,1-5H3. The number of esters is 1. The number of hydrogen-bond acceptors (Lipinski definition) is 5. The van der Waals surface area contributed by atoms with Gasteiger partial charge in [0.05, 0.1) is 18.8 Å². The molecule has 0 fully saturated rings. The van der Waals surface area contributed by atoms with Crippen LogP contribution in [0.5, 0.6) is 5.75 Å². The Morgan fingerprint density at radius 3 is 2.32 bits per heavy atom. The summed E-state index contributed by atoms with van der Waals surface area (Å²) in [6.45, 7) is 9.58. The number of carbonyl (C=O) groups is 1. The lowest BCUT2D eigenvalue weighted by Crippen LogP contribution is -2.40. The van der Waals surface area contributed by atoms with Gasteiger partial charge in [0, 0.05) is 4.47 Å². The van der Waals surface area contributed by atoms with Crippen molar-refractivity contribution in [3.8, 4) is 11.4 Å². The van der Waals surface area contributed by atoms with E-state index < -0.39 is 11.6 Å². The van der Waals surface area contributed by atoms with Crippen LogP contribution in [-0.4, -0.2) is 32.5 Å². The maximum absolute atomic E-state index is 12.8. The van der Waals surface area contributed by atoms with Gasteiger partial charge in [0.15, 0.2) is 5.60 Å². The number of aromatic nitrogens is 3. The first kappa shape index (κ1) is 22.8. The molecule has 0 atom stereocenters. The summed E-state index contributed by atoms with van der Waals surface area (Å²) in [5.74, 6) is 0.220. The molecule has 0 aliphatic heterocycles. The topological polar surface area (TPSA) is 75.3 Å². The Hall–Kier alpha value is -2.87. The molecular formula is C23H26BrN3O4. The van der Waals surface area contributed by atoms with Crippen LogP contribution in [-0.2, 0) is 16.1 Å². The fourth-order valence-electron chi connectivity index (χ4n) is 3.29. The smallest absolute Gasteiger partial charge is 0.350 e. The molecule has 31 heavy (non-hydrogen) atoms. The Kier molecular flexibility index (Phi) is 6.69. The van der Waals surface area contributed by atoms with Crippen LogP contribution in [0.4, 0.5) is 0 Å². The summed E-state index contributed by atoms with van der Waals surface area (Å²) < 4.78 is 15.0. The molecule has 0 aliphatic rings. The highest BCUT2D eigenvalue weighted by Gasteiger charge is 2.32.